The minimum absolute atomic E-state index is 0.441. The average molecular weight is 276 g/mol. The first-order valence-electron chi connectivity index (χ1n) is 7.72. The molecule has 2 atom stereocenters. The van der Waals surface area contributed by atoms with Crippen LogP contribution in [0.4, 0.5) is 0 Å². The van der Waals surface area contributed by atoms with E-state index in [-0.39, 0.29) is 0 Å². The van der Waals surface area contributed by atoms with Crippen LogP contribution in [0.15, 0.2) is 30.3 Å². The van der Waals surface area contributed by atoms with Gasteiger partial charge in [-0.25, -0.2) is 0 Å². The molecule has 3 heteroatoms. The van der Waals surface area contributed by atoms with Gasteiger partial charge < -0.3 is 10.1 Å². The van der Waals surface area contributed by atoms with Gasteiger partial charge in [0.2, 0.25) is 0 Å². The van der Waals surface area contributed by atoms with E-state index in [4.69, 9.17) is 4.74 Å². The molecule has 2 unspecified atom stereocenters. The standard InChI is InChI=1S/C17H28N2O/c1-14(2)11-16-12-18-17(13-19(16)9-10-20-3)15-7-5-4-6-8-15/h4-8,14,16-18H,9-13H2,1-3H3. The van der Waals surface area contributed by atoms with E-state index < -0.39 is 0 Å². The van der Waals surface area contributed by atoms with Gasteiger partial charge in [0.1, 0.15) is 0 Å². The maximum atomic E-state index is 5.28. The molecule has 2 rings (SSSR count). The van der Waals surface area contributed by atoms with Gasteiger partial charge in [0.15, 0.2) is 0 Å². The molecule has 1 heterocycles. The lowest BCUT2D eigenvalue weighted by molar-refractivity contribution is 0.0767. The Morgan fingerprint density at radius 2 is 2.05 bits per heavy atom. The zero-order valence-electron chi connectivity index (χ0n) is 13.0. The molecule has 1 aromatic carbocycles. The van der Waals surface area contributed by atoms with Crippen LogP contribution in [0, 0.1) is 5.92 Å². The van der Waals surface area contributed by atoms with E-state index in [0.717, 1.165) is 32.2 Å². The van der Waals surface area contributed by atoms with Gasteiger partial charge in [0, 0.05) is 38.8 Å². The van der Waals surface area contributed by atoms with Crippen LogP contribution in [0.2, 0.25) is 0 Å². The quantitative estimate of drug-likeness (QED) is 0.864. The molecule has 0 amide bonds. The van der Waals surface area contributed by atoms with Gasteiger partial charge >= 0.3 is 0 Å². The van der Waals surface area contributed by atoms with E-state index in [0.29, 0.717) is 12.1 Å². The number of nitrogens with one attached hydrogen (secondary N) is 1. The summed E-state index contributed by atoms with van der Waals surface area (Å²) in [4.78, 5) is 2.59. The van der Waals surface area contributed by atoms with Crippen molar-refractivity contribution in [2.45, 2.75) is 32.4 Å². The summed E-state index contributed by atoms with van der Waals surface area (Å²) in [5.41, 5.74) is 1.39. The van der Waals surface area contributed by atoms with Crippen LogP contribution in [0.1, 0.15) is 31.9 Å². The largest absolute Gasteiger partial charge is 0.383 e. The van der Waals surface area contributed by atoms with Crippen molar-refractivity contribution in [2.75, 3.05) is 33.4 Å². The molecule has 0 bridgehead atoms. The molecule has 0 aromatic heterocycles. The Morgan fingerprint density at radius 1 is 1.30 bits per heavy atom. The highest BCUT2D eigenvalue weighted by Gasteiger charge is 2.28. The second-order valence-electron chi connectivity index (χ2n) is 6.14. The molecule has 1 aromatic rings. The molecule has 20 heavy (non-hydrogen) atoms. The van der Waals surface area contributed by atoms with E-state index in [2.05, 4.69) is 54.4 Å². The monoisotopic (exact) mass is 276 g/mol. The van der Waals surface area contributed by atoms with E-state index in [1.54, 1.807) is 7.11 Å². The number of nitrogens with zero attached hydrogens (tertiary/aromatic N) is 1. The maximum Gasteiger partial charge on any atom is 0.0589 e. The Hall–Kier alpha value is -0.900. The normalized spacial score (nSPS) is 24.2. The van der Waals surface area contributed by atoms with Crippen LogP contribution in [-0.4, -0.2) is 44.3 Å². The third-order valence-electron chi connectivity index (χ3n) is 4.06. The second-order valence-corrected chi connectivity index (χ2v) is 6.14. The third kappa shape index (κ3) is 4.30. The van der Waals surface area contributed by atoms with E-state index >= 15 is 0 Å². The highest BCUT2D eigenvalue weighted by atomic mass is 16.5. The average Bonchev–Trinajstić information content (AvgIpc) is 2.46. The van der Waals surface area contributed by atoms with Crippen molar-refractivity contribution in [3.63, 3.8) is 0 Å². The zero-order valence-corrected chi connectivity index (χ0v) is 13.0. The first-order valence-corrected chi connectivity index (χ1v) is 7.72. The Bertz CT molecular complexity index is 380. The van der Waals surface area contributed by atoms with Gasteiger partial charge in [-0.05, 0) is 17.9 Å². The summed E-state index contributed by atoms with van der Waals surface area (Å²) < 4.78 is 5.28. The molecule has 0 aliphatic carbocycles. The number of ether oxygens (including phenoxy) is 1. The Morgan fingerprint density at radius 3 is 2.70 bits per heavy atom. The highest BCUT2D eigenvalue weighted by Crippen LogP contribution is 2.22. The van der Waals surface area contributed by atoms with Crippen LogP contribution in [-0.2, 0) is 4.74 Å². The lowest BCUT2D eigenvalue weighted by Crippen LogP contribution is -2.53. The lowest BCUT2D eigenvalue weighted by Gasteiger charge is -2.41. The van der Waals surface area contributed by atoms with Crippen molar-refractivity contribution in [2.24, 2.45) is 5.92 Å². The molecular weight excluding hydrogens is 248 g/mol. The number of hydrogen-bond donors (Lipinski definition) is 1. The molecule has 0 saturated carbocycles. The van der Waals surface area contributed by atoms with Gasteiger partial charge in [-0.2, -0.15) is 0 Å². The lowest BCUT2D eigenvalue weighted by atomic mass is 9.96. The summed E-state index contributed by atoms with van der Waals surface area (Å²) in [5, 5.41) is 3.71. The molecule has 112 valence electrons. The van der Waals surface area contributed by atoms with E-state index in [9.17, 15) is 0 Å². The zero-order chi connectivity index (χ0) is 14.4. The maximum absolute atomic E-state index is 5.28. The van der Waals surface area contributed by atoms with Gasteiger partial charge in [-0.1, -0.05) is 44.2 Å². The summed E-state index contributed by atoms with van der Waals surface area (Å²) in [6, 6.07) is 11.8. The predicted molar refractivity (Wildman–Crippen MR) is 83.9 cm³/mol. The van der Waals surface area contributed by atoms with Crippen molar-refractivity contribution in [3.05, 3.63) is 35.9 Å². The number of benzene rings is 1. The fraction of sp³-hybridized carbons (Fsp3) is 0.647. The Kier molecular flexibility index (Phi) is 6.02. The van der Waals surface area contributed by atoms with E-state index in [1.807, 2.05) is 0 Å². The van der Waals surface area contributed by atoms with Crippen LogP contribution in [0.25, 0.3) is 0 Å². The molecular formula is C17H28N2O. The van der Waals surface area contributed by atoms with Gasteiger partial charge in [0.25, 0.3) is 0 Å². The Balaban J connectivity index is 2.00. The van der Waals surface area contributed by atoms with Crippen molar-refractivity contribution in [1.29, 1.82) is 0 Å². The van der Waals surface area contributed by atoms with E-state index in [1.165, 1.54) is 12.0 Å². The predicted octanol–water partition coefficient (Wildman–Crippen LogP) is 2.69. The number of piperazine rings is 1. The highest BCUT2D eigenvalue weighted by molar-refractivity contribution is 5.20. The fourth-order valence-corrected chi connectivity index (χ4v) is 3.02. The topological polar surface area (TPSA) is 24.5 Å². The van der Waals surface area contributed by atoms with Crippen molar-refractivity contribution < 1.29 is 4.74 Å². The molecule has 1 N–H and O–H groups in total. The first-order chi connectivity index (χ1) is 9.70. The minimum atomic E-state index is 0.441. The molecule has 0 radical (unpaired) electrons. The van der Waals surface area contributed by atoms with Crippen LogP contribution >= 0.6 is 0 Å². The summed E-state index contributed by atoms with van der Waals surface area (Å²) in [6.45, 7) is 8.59. The Labute approximate surface area is 123 Å². The SMILES string of the molecule is COCCN1CC(c2ccccc2)NCC1CC(C)C. The van der Waals surface area contributed by atoms with Gasteiger partial charge in [-0.3, -0.25) is 4.90 Å². The summed E-state index contributed by atoms with van der Waals surface area (Å²) >= 11 is 0. The third-order valence-corrected chi connectivity index (χ3v) is 4.06. The number of methoxy groups -OCH3 is 1. The van der Waals surface area contributed by atoms with Gasteiger partial charge in [-0.15, -0.1) is 0 Å². The molecule has 3 nitrogen and oxygen atoms in total. The minimum Gasteiger partial charge on any atom is -0.383 e. The second kappa shape index (κ2) is 7.77. The van der Waals surface area contributed by atoms with Crippen LogP contribution < -0.4 is 5.32 Å². The van der Waals surface area contributed by atoms with Crippen molar-refractivity contribution in [3.8, 4) is 0 Å². The molecule has 1 saturated heterocycles. The smallest absolute Gasteiger partial charge is 0.0589 e. The fourth-order valence-electron chi connectivity index (χ4n) is 3.02. The van der Waals surface area contributed by atoms with Gasteiger partial charge in [0.05, 0.1) is 6.61 Å². The summed E-state index contributed by atoms with van der Waals surface area (Å²) in [7, 11) is 1.79. The number of hydrogen-bond acceptors (Lipinski definition) is 3. The summed E-state index contributed by atoms with van der Waals surface area (Å²) in [5.74, 6) is 0.736. The molecule has 1 aliphatic heterocycles. The van der Waals surface area contributed by atoms with Crippen LogP contribution in [0.5, 0.6) is 0 Å². The molecule has 1 aliphatic rings. The van der Waals surface area contributed by atoms with Crippen molar-refractivity contribution in [1.82, 2.24) is 10.2 Å². The summed E-state index contributed by atoms with van der Waals surface area (Å²) in [6.07, 6.45) is 1.25. The van der Waals surface area contributed by atoms with Crippen molar-refractivity contribution >= 4 is 0 Å². The first kappa shape index (κ1) is 15.5. The van der Waals surface area contributed by atoms with Crippen LogP contribution in [0.3, 0.4) is 0 Å². The molecule has 1 fully saturated rings. The molecule has 0 spiro atoms. The number of rotatable bonds is 6.